The lowest BCUT2D eigenvalue weighted by molar-refractivity contribution is 0.301. The van der Waals surface area contributed by atoms with Gasteiger partial charge in [0.1, 0.15) is 0 Å². The Bertz CT molecular complexity index is 453. The van der Waals surface area contributed by atoms with Crippen molar-refractivity contribution in [2.24, 2.45) is 0 Å². The molecule has 2 rings (SSSR count). The Morgan fingerprint density at radius 3 is 2.60 bits per heavy atom. The van der Waals surface area contributed by atoms with Gasteiger partial charge in [-0.25, -0.2) is 0 Å². The van der Waals surface area contributed by atoms with Gasteiger partial charge in [0.2, 0.25) is 0 Å². The van der Waals surface area contributed by atoms with E-state index < -0.39 is 0 Å². The van der Waals surface area contributed by atoms with Crippen LogP contribution in [0.25, 0.3) is 0 Å². The maximum atomic E-state index is 9.30. The maximum absolute atomic E-state index is 9.30. The normalized spacial score (nSPS) is 14.5. The molecule has 0 fully saturated rings. The monoisotopic (exact) mass is 275 g/mol. The smallest absolute Gasteiger partial charge is 0.0606 e. The zero-order valence-electron chi connectivity index (χ0n) is 13.3. The average Bonchev–Trinajstić information content (AvgIpc) is 2.43. The van der Waals surface area contributed by atoms with Crippen LogP contribution in [-0.4, -0.2) is 24.8 Å². The van der Waals surface area contributed by atoms with Crippen LogP contribution in [0, 0.1) is 6.92 Å². The van der Waals surface area contributed by atoms with E-state index in [1.54, 1.807) is 11.1 Å². The summed E-state index contributed by atoms with van der Waals surface area (Å²) in [4.78, 5) is 2.39. The van der Waals surface area contributed by atoms with Gasteiger partial charge >= 0.3 is 0 Å². The number of nitrogens with zero attached hydrogens (tertiary/aromatic N) is 1. The molecule has 2 heteroatoms. The zero-order chi connectivity index (χ0) is 14.5. The Hall–Kier alpha value is -1.02. The molecule has 1 aliphatic heterocycles. The van der Waals surface area contributed by atoms with Gasteiger partial charge in [-0.2, -0.15) is 0 Å². The van der Waals surface area contributed by atoms with Gasteiger partial charge in [-0.15, -0.1) is 0 Å². The van der Waals surface area contributed by atoms with Crippen molar-refractivity contribution in [3.05, 3.63) is 28.3 Å². The molecule has 1 aliphatic rings. The van der Waals surface area contributed by atoms with E-state index in [1.807, 2.05) is 0 Å². The first-order valence-corrected chi connectivity index (χ1v) is 8.22. The first-order valence-electron chi connectivity index (χ1n) is 8.22. The summed E-state index contributed by atoms with van der Waals surface area (Å²) >= 11 is 0. The molecule has 0 saturated heterocycles. The molecule has 0 amide bonds. The van der Waals surface area contributed by atoms with Crippen molar-refractivity contribution >= 4 is 5.69 Å². The SMILES string of the molecule is CCCc1cc2c(c(C)c1CCC)N(CCO)CCC2. The molecule has 0 atom stereocenters. The van der Waals surface area contributed by atoms with Crippen LogP contribution in [0.15, 0.2) is 6.07 Å². The van der Waals surface area contributed by atoms with Crippen LogP contribution in [0.2, 0.25) is 0 Å². The third kappa shape index (κ3) is 3.01. The maximum Gasteiger partial charge on any atom is 0.0606 e. The summed E-state index contributed by atoms with van der Waals surface area (Å²) in [6.45, 7) is 8.93. The molecule has 20 heavy (non-hydrogen) atoms. The largest absolute Gasteiger partial charge is 0.395 e. The molecule has 0 spiro atoms. The molecule has 0 bridgehead atoms. The second-order valence-corrected chi connectivity index (χ2v) is 5.96. The molecule has 0 saturated carbocycles. The third-order valence-corrected chi connectivity index (χ3v) is 4.43. The predicted octanol–water partition coefficient (Wildman–Crippen LogP) is 3.64. The fourth-order valence-corrected chi connectivity index (χ4v) is 3.63. The van der Waals surface area contributed by atoms with E-state index in [4.69, 9.17) is 0 Å². The third-order valence-electron chi connectivity index (χ3n) is 4.43. The van der Waals surface area contributed by atoms with E-state index in [0.717, 1.165) is 13.1 Å². The van der Waals surface area contributed by atoms with E-state index in [-0.39, 0.29) is 6.61 Å². The number of benzene rings is 1. The van der Waals surface area contributed by atoms with E-state index in [9.17, 15) is 5.11 Å². The average molecular weight is 275 g/mol. The molecule has 0 aliphatic carbocycles. The first kappa shape index (κ1) is 15.4. The minimum absolute atomic E-state index is 0.249. The lowest BCUT2D eigenvalue weighted by Crippen LogP contribution is -2.33. The number of anilines is 1. The van der Waals surface area contributed by atoms with E-state index in [0.29, 0.717) is 0 Å². The van der Waals surface area contributed by atoms with Crippen LogP contribution < -0.4 is 4.90 Å². The molecule has 0 radical (unpaired) electrons. The van der Waals surface area contributed by atoms with Crippen molar-refractivity contribution in [1.82, 2.24) is 0 Å². The molecular formula is C18H29NO. The molecule has 112 valence electrons. The van der Waals surface area contributed by atoms with Crippen LogP contribution >= 0.6 is 0 Å². The van der Waals surface area contributed by atoms with Crippen molar-refractivity contribution < 1.29 is 5.11 Å². The highest BCUT2D eigenvalue weighted by Gasteiger charge is 2.22. The molecule has 0 aromatic heterocycles. The Labute approximate surface area is 123 Å². The number of rotatable bonds is 6. The summed E-state index contributed by atoms with van der Waals surface area (Å²) < 4.78 is 0. The zero-order valence-corrected chi connectivity index (χ0v) is 13.3. The molecule has 1 N–H and O–H groups in total. The van der Waals surface area contributed by atoms with Crippen molar-refractivity contribution in [2.75, 3.05) is 24.6 Å². The Morgan fingerprint density at radius 1 is 1.20 bits per heavy atom. The van der Waals surface area contributed by atoms with Crippen LogP contribution in [0.5, 0.6) is 0 Å². The van der Waals surface area contributed by atoms with Gasteiger partial charge in [-0.3, -0.25) is 0 Å². The summed E-state index contributed by atoms with van der Waals surface area (Å²) in [7, 11) is 0. The summed E-state index contributed by atoms with van der Waals surface area (Å²) in [6, 6.07) is 2.46. The second kappa shape index (κ2) is 7.12. The fraction of sp³-hybridized carbons (Fsp3) is 0.667. The number of aliphatic hydroxyl groups excluding tert-OH is 1. The predicted molar refractivity (Wildman–Crippen MR) is 86.8 cm³/mol. The van der Waals surface area contributed by atoms with Gasteiger partial charge in [0.15, 0.2) is 0 Å². The Kier molecular flexibility index (Phi) is 5.47. The topological polar surface area (TPSA) is 23.5 Å². The van der Waals surface area contributed by atoms with Crippen molar-refractivity contribution in [3.63, 3.8) is 0 Å². The van der Waals surface area contributed by atoms with Gasteiger partial charge in [-0.1, -0.05) is 32.8 Å². The fourth-order valence-electron chi connectivity index (χ4n) is 3.63. The number of fused-ring (bicyclic) bond motifs is 1. The van der Waals surface area contributed by atoms with E-state index in [1.165, 1.54) is 55.3 Å². The van der Waals surface area contributed by atoms with Gasteiger partial charge < -0.3 is 10.0 Å². The number of aryl methyl sites for hydroxylation is 2. The summed E-state index contributed by atoms with van der Waals surface area (Å²) in [5.41, 5.74) is 7.54. The van der Waals surface area contributed by atoms with Crippen molar-refractivity contribution in [3.8, 4) is 0 Å². The number of aliphatic hydroxyl groups is 1. The van der Waals surface area contributed by atoms with Gasteiger partial charge in [0.05, 0.1) is 6.61 Å². The second-order valence-electron chi connectivity index (χ2n) is 5.96. The van der Waals surface area contributed by atoms with Crippen molar-refractivity contribution in [1.29, 1.82) is 0 Å². The van der Waals surface area contributed by atoms with Crippen LogP contribution in [0.3, 0.4) is 0 Å². The standard InChI is InChI=1S/C18H29NO/c1-4-7-15-13-16-9-6-10-19(11-12-20)18(16)14(3)17(15)8-5-2/h13,20H,4-12H2,1-3H3. The lowest BCUT2D eigenvalue weighted by Gasteiger charge is -2.34. The van der Waals surface area contributed by atoms with Crippen molar-refractivity contribution in [2.45, 2.75) is 59.3 Å². The number of hydrogen-bond acceptors (Lipinski definition) is 2. The number of hydrogen-bond donors (Lipinski definition) is 1. The quantitative estimate of drug-likeness (QED) is 0.856. The van der Waals surface area contributed by atoms with E-state index >= 15 is 0 Å². The summed E-state index contributed by atoms with van der Waals surface area (Å²) in [5.74, 6) is 0. The molecule has 0 unspecified atom stereocenters. The van der Waals surface area contributed by atoms with Gasteiger partial charge in [0, 0.05) is 18.8 Å². The van der Waals surface area contributed by atoms with Gasteiger partial charge in [-0.05, 0) is 54.9 Å². The van der Waals surface area contributed by atoms with Gasteiger partial charge in [0.25, 0.3) is 0 Å². The van der Waals surface area contributed by atoms with Crippen LogP contribution in [0.4, 0.5) is 5.69 Å². The molecule has 2 nitrogen and oxygen atoms in total. The molecular weight excluding hydrogens is 246 g/mol. The summed E-state index contributed by atoms with van der Waals surface area (Å²) in [6.07, 6.45) is 7.21. The highest BCUT2D eigenvalue weighted by Crippen LogP contribution is 2.35. The lowest BCUT2D eigenvalue weighted by atomic mass is 9.87. The highest BCUT2D eigenvalue weighted by atomic mass is 16.3. The Balaban J connectivity index is 2.49. The van der Waals surface area contributed by atoms with Crippen LogP contribution in [0.1, 0.15) is 55.4 Å². The molecule has 1 heterocycles. The summed E-state index contributed by atoms with van der Waals surface area (Å²) in [5, 5.41) is 9.30. The minimum atomic E-state index is 0.249. The number of β-amino-alcohol motifs (C(OH)–C–C–N with tert-alkyl or cyclic N) is 1. The van der Waals surface area contributed by atoms with E-state index in [2.05, 4.69) is 31.7 Å². The molecule has 1 aromatic carbocycles. The first-order chi connectivity index (χ1) is 9.72. The molecule has 1 aromatic rings. The highest BCUT2D eigenvalue weighted by molar-refractivity contribution is 5.65. The van der Waals surface area contributed by atoms with Crippen LogP contribution in [-0.2, 0) is 19.3 Å². The Morgan fingerprint density at radius 2 is 1.95 bits per heavy atom. The minimum Gasteiger partial charge on any atom is -0.395 e.